The van der Waals surface area contributed by atoms with Crippen LogP contribution in [0.5, 0.6) is 6.01 Å². The van der Waals surface area contributed by atoms with Gasteiger partial charge in [-0.1, -0.05) is 32.6 Å². The molecule has 0 spiro atoms. The molecule has 0 radical (unpaired) electrons. The molecule has 1 aromatic rings. The van der Waals surface area contributed by atoms with E-state index in [0.29, 0.717) is 18.6 Å². The molecule has 5 nitrogen and oxygen atoms in total. The molecule has 0 aliphatic rings. The summed E-state index contributed by atoms with van der Waals surface area (Å²) < 4.78 is 5.57. The van der Waals surface area contributed by atoms with Crippen molar-refractivity contribution < 1.29 is 4.74 Å². The molecule has 0 bridgehead atoms. The Balaban J connectivity index is 2.49. The van der Waals surface area contributed by atoms with Crippen molar-refractivity contribution in [1.29, 1.82) is 0 Å². The van der Waals surface area contributed by atoms with Gasteiger partial charge in [-0.25, -0.2) is 0 Å². The van der Waals surface area contributed by atoms with Gasteiger partial charge in [0.05, 0.1) is 6.61 Å². The molecule has 0 unspecified atom stereocenters. The maximum atomic E-state index is 5.92. The van der Waals surface area contributed by atoms with Crippen LogP contribution in [0, 0.1) is 0 Å². The van der Waals surface area contributed by atoms with Crippen molar-refractivity contribution in [3.8, 4) is 6.01 Å². The average molecular weight is 301 g/mol. The highest BCUT2D eigenvalue weighted by Crippen LogP contribution is 2.15. The number of unbranched alkanes of at least 4 members (excludes halogenated alkanes) is 4. The van der Waals surface area contributed by atoms with E-state index in [1.807, 2.05) is 4.90 Å². The molecule has 20 heavy (non-hydrogen) atoms. The van der Waals surface area contributed by atoms with Gasteiger partial charge < -0.3 is 9.64 Å². The number of halogens is 1. The number of hydrogen-bond acceptors (Lipinski definition) is 5. The van der Waals surface area contributed by atoms with E-state index in [1.54, 1.807) is 0 Å². The van der Waals surface area contributed by atoms with Gasteiger partial charge in [-0.15, -0.1) is 0 Å². The van der Waals surface area contributed by atoms with Crippen molar-refractivity contribution in [2.45, 2.75) is 52.9 Å². The fourth-order valence-electron chi connectivity index (χ4n) is 1.90. The Hall–Kier alpha value is -1.10. The lowest BCUT2D eigenvalue weighted by atomic mass is 10.2. The highest BCUT2D eigenvalue weighted by molar-refractivity contribution is 6.28. The summed E-state index contributed by atoms with van der Waals surface area (Å²) in [4.78, 5) is 14.5. The van der Waals surface area contributed by atoms with Gasteiger partial charge >= 0.3 is 6.01 Å². The maximum absolute atomic E-state index is 5.92. The Morgan fingerprint density at radius 2 is 1.65 bits per heavy atom. The van der Waals surface area contributed by atoms with E-state index < -0.39 is 0 Å². The minimum atomic E-state index is 0.183. The Bertz CT molecular complexity index is 385. The SMILES string of the molecule is CCCCCCCOc1nc(Cl)nc(N(CC)CC)n1. The number of anilines is 1. The summed E-state index contributed by atoms with van der Waals surface area (Å²) in [6.45, 7) is 8.59. The smallest absolute Gasteiger partial charge is 0.322 e. The van der Waals surface area contributed by atoms with E-state index in [9.17, 15) is 0 Å². The van der Waals surface area contributed by atoms with Crippen molar-refractivity contribution in [2.24, 2.45) is 0 Å². The molecule has 0 saturated heterocycles. The second kappa shape index (κ2) is 9.75. The van der Waals surface area contributed by atoms with Crippen LogP contribution in [0.3, 0.4) is 0 Å². The van der Waals surface area contributed by atoms with Crippen LogP contribution in [0.15, 0.2) is 0 Å². The Labute approximate surface area is 126 Å². The van der Waals surface area contributed by atoms with E-state index in [1.165, 1.54) is 25.7 Å². The number of aromatic nitrogens is 3. The Morgan fingerprint density at radius 3 is 2.30 bits per heavy atom. The number of nitrogens with zero attached hydrogens (tertiary/aromatic N) is 4. The monoisotopic (exact) mass is 300 g/mol. The largest absolute Gasteiger partial charge is 0.463 e. The average Bonchev–Trinajstić information content (AvgIpc) is 2.43. The minimum absolute atomic E-state index is 0.183. The molecule has 0 N–H and O–H groups in total. The highest BCUT2D eigenvalue weighted by atomic mass is 35.5. The Morgan fingerprint density at radius 1 is 0.950 bits per heavy atom. The zero-order valence-corrected chi connectivity index (χ0v) is 13.5. The fourth-order valence-corrected chi connectivity index (χ4v) is 2.05. The molecule has 0 aliphatic carbocycles. The van der Waals surface area contributed by atoms with Crippen molar-refractivity contribution in [3.05, 3.63) is 5.28 Å². The molecular formula is C14H25ClN4O. The predicted octanol–water partition coefficient (Wildman–Crippen LogP) is 3.72. The Kier molecular flexibility index (Phi) is 8.26. The number of hydrogen-bond donors (Lipinski definition) is 0. The molecule has 0 amide bonds. The zero-order chi connectivity index (χ0) is 14.8. The first-order chi connectivity index (χ1) is 9.71. The molecule has 0 saturated carbocycles. The first-order valence-electron chi connectivity index (χ1n) is 7.50. The number of rotatable bonds is 10. The standard InChI is InChI=1S/C14H25ClN4O/c1-4-7-8-9-10-11-20-14-17-12(15)16-13(18-14)19(5-2)6-3/h4-11H2,1-3H3. The molecule has 0 fully saturated rings. The van der Waals surface area contributed by atoms with Crippen LogP contribution in [0.4, 0.5) is 5.95 Å². The summed E-state index contributed by atoms with van der Waals surface area (Å²) in [6.07, 6.45) is 5.98. The summed E-state index contributed by atoms with van der Waals surface area (Å²) in [6, 6.07) is 0.322. The maximum Gasteiger partial charge on any atom is 0.322 e. The van der Waals surface area contributed by atoms with Crippen LogP contribution in [0.25, 0.3) is 0 Å². The van der Waals surface area contributed by atoms with Gasteiger partial charge in [0.2, 0.25) is 11.2 Å². The molecule has 0 aromatic carbocycles. The third-order valence-corrected chi connectivity index (χ3v) is 3.27. The lowest BCUT2D eigenvalue weighted by Gasteiger charge is -2.18. The van der Waals surface area contributed by atoms with Crippen LogP contribution in [0.2, 0.25) is 5.28 Å². The lowest BCUT2D eigenvalue weighted by Crippen LogP contribution is -2.24. The molecule has 1 heterocycles. The van der Waals surface area contributed by atoms with Crippen molar-refractivity contribution in [3.63, 3.8) is 0 Å². The van der Waals surface area contributed by atoms with Crippen molar-refractivity contribution >= 4 is 17.5 Å². The summed E-state index contributed by atoms with van der Waals surface area (Å²) in [5.41, 5.74) is 0. The van der Waals surface area contributed by atoms with Gasteiger partial charge in [-0.05, 0) is 31.9 Å². The first-order valence-corrected chi connectivity index (χ1v) is 7.88. The van der Waals surface area contributed by atoms with Gasteiger partial charge in [0.15, 0.2) is 0 Å². The normalized spacial score (nSPS) is 10.6. The van der Waals surface area contributed by atoms with Crippen molar-refractivity contribution in [2.75, 3.05) is 24.6 Å². The van der Waals surface area contributed by atoms with E-state index in [4.69, 9.17) is 16.3 Å². The van der Waals surface area contributed by atoms with Crippen molar-refractivity contribution in [1.82, 2.24) is 15.0 Å². The molecule has 0 atom stereocenters. The zero-order valence-electron chi connectivity index (χ0n) is 12.7. The second-order valence-electron chi connectivity index (χ2n) is 4.62. The summed E-state index contributed by atoms with van der Waals surface area (Å²) >= 11 is 5.92. The number of ether oxygens (including phenoxy) is 1. The van der Waals surface area contributed by atoms with Gasteiger partial charge in [-0.2, -0.15) is 15.0 Å². The lowest BCUT2D eigenvalue weighted by molar-refractivity contribution is 0.280. The topological polar surface area (TPSA) is 51.1 Å². The molecule has 1 rings (SSSR count). The van der Waals surface area contributed by atoms with Crippen LogP contribution < -0.4 is 9.64 Å². The highest BCUT2D eigenvalue weighted by Gasteiger charge is 2.10. The first kappa shape index (κ1) is 17.0. The van der Waals surface area contributed by atoms with E-state index in [2.05, 4.69) is 35.7 Å². The van der Waals surface area contributed by atoms with Gasteiger partial charge in [0, 0.05) is 13.1 Å². The van der Waals surface area contributed by atoms with Crippen LogP contribution in [0.1, 0.15) is 52.9 Å². The second-order valence-corrected chi connectivity index (χ2v) is 4.96. The van der Waals surface area contributed by atoms with Gasteiger partial charge in [-0.3, -0.25) is 0 Å². The molecule has 6 heteroatoms. The summed E-state index contributed by atoms with van der Waals surface area (Å²) in [7, 11) is 0. The van der Waals surface area contributed by atoms with Crippen LogP contribution >= 0.6 is 11.6 Å². The third kappa shape index (κ3) is 5.90. The van der Waals surface area contributed by atoms with Gasteiger partial charge in [0.1, 0.15) is 0 Å². The van der Waals surface area contributed by atoms with E-state index in [-0.39, 0.29) is 5.28 Å². The van der Waals surface area contributed by atoms with Crippen LogP contribution in [-0.4, -0.2) is 34.6 Å². The predicted molar refractivity (Wildman–Crippen MR) is 82.7 cm³/mol. The van der Waals surface area contributed by atoms with Crippen LogP contribution in [-0.2, 0) is 0 Å². The molecular weight excluding hydrogens is 276 g/mol. The van der Waals surface area contributed by atoms with E-state index in [0.717, 1.165) is 19.5 Å². The summed E-state index contributed by atoms with van der Waals surface area (Å²) in [5.74, 6) is 0.580. The van der Waals surface area contributed by atoms with Gasteiger partial charge in [0.25, 0.3) is 0 Å². The third-order valence-electron chi connectivity index (χ3n) is 3.10. The quantitative estimate of drug-likeness (QED) is 0.616. The van der Waals surface area contributed by atoms with E-state index >= 15 is 0 Å². The molecule has 114 valence electrons. The molecule has 1 aromatic heterocycles. The fraction of sp³-hybridized carbons (Fsp3) is 0.786. The molecule has 0 aliphatic heterocycles. The summed E-state index contributed by atoms with van der Waals surface area (Å²) in [5, 5.41) is 0.183. The minimum Gasteiger partial charge on any atom is -0.463 e.